The fraction of sp³-hybridized carbons (Fsp3) is 0.167. The van der Waals surface area contributed by atoms with Gasteiger partial charge >= 0.3 is 12.0 Å². The van der Waals surface area contributed by atoms with Crippen LogP contribution in [0.15, 0.2) is 84.9 Å². The lowest BCUT2D eigenvalue weighted by Crippen LogP contribution is -2.33. The average molecular weight is 388 g/mol. The molecule has 0 saturated heterocycles. The molecule has 5 heteroatoms. The number of nitrogens with one attached hydrogen (secondary N) is 2. The predicted octanol–water partition coefficient (Wildman–Crippen LogP) is 4.97. The van der Waals surface area contributed by atoms with Crippen molar-refractivity contribution in [2.24, 2.45) is 0 Å². The van der Waals surface area contributed by atoms with E-state index in [1.54, 1.807) is 31.2 Å². The summed E-state index contributed by atoms with van der Waals surface area (Å²) in [4.78, 5) is 24.3. The minimum Gasteiger partial charge on any atom is -0.462 e. The van der Waals surface area contributed by atoms with E-state index in [0.717, 1.165) is 11.1 Å². The number of carbonyl (C=O) groups is 2. The minimum atomic E-state index is -0.379. The molecule has 3 aromatic carbocycles. The zero-order chi connectivity index (χ0) is 20.5. The SMILES string of the molecule is CCOC(=O)c1ccc(NC(=O)N[C@@H](Cc2ccccc2)c2ccccc2)cc1. The molecular formula is C24H24N2O3. The smallest absolute Gasteiger partial charge is 0.338 e. The second-order valence-corrected chi connectivity index (χ2v) is 6.55. The Balaban J connectivity index is 1.67. The molecule has 0 aliphatic heterocycles. The maximum Gasteiger partial charge on any atom is 0.338 e. The zero-order valence-corrected chi connectivity index (χ0v) is 16.3. The molecule has 2 amide bonds. The van der Waals surface area contributed by atoms with Crippen LogP contribution < -0.4 is 10.6 Å². The van der Waals surface area contributed by atoms with Crippen molar-refractivity contribution in [3.8, 4) is 0 Å². The third-order valence-corrected chi connectivity index (χ3v) is 4.44. The number of esters is 1. The van der Waals surface area contributed by atoms with Gasteiger partial charge in [-0.15, -0.1) is 0 Å². The second-order valence-electron chi connectivity index (χ2n) is 6.55. The van der Waals surface area contributed by atoms with Gasteiger partial charge in [-0.2, -0.15) is 0 Å². The molecule has 3 rings (SSSR count). The summed E-state index contributed by atoms with van der Waals surface area (Å²) < 4.78 is 4.97. The van der Waals surface area contributed by atoms with Crippen LogP contribution in [0.4, 0.5) is 10.5 Å². The summed E-state index contributed by atoms with van der Waals surface area (Å²) >= 11 is 0. The van der Waals surface area contributed by atoms with E-state index in [-0.39, 0.29) is 18.0 Å². The van der Waals surface area contributed by atoms with Crippen molar-refractivity contribution in [1.29, 1.82) is 0 Å². The van der Waals surface area contributed by atoms with Gasteiger partial charge in [0.1, 0.15) is 0 Å². The summed E-state index contributed by atoms with van der Waals surface area (Å²) in [7, 11) is 0. The topological polar surface area (TPSA) is 67.4 Å². The third-order valence-electron chi connectivity index (χ3n) is 4.44. The number of carbonyl (C=O) groups excluding carboxylic acids is 2. The number of hydrogen-bond acceptors (Lipinski definition) is 3. The van der Waals surface area contributed by atoms with Crippen molar-refractivity contribution in [2.75, 3.05) is 11.9 Å². The summed E-state index contributed by atoms with van der Waals surface area (Å²) in [6, 6.07) is 26.1. The molecule has 1 atom stereocenters. The predicted molar refractivity (Wildman–Crippen MR) is 114 cm³/mol. The van der Waals surface area contributed by atoms with Crippen LogP contribution in [0.25, 0.3) is 0 Å². The van der Waals surface area contributed by atoms with Crippen LogP contribution in [0.3, 0.4) is 0 Å². The number of amides is 2. The fourth-order valence-electron chi connectivity index (χ4n) is 3.02. The van der Waals surface area contributed by atoms with Gasteiger partial charge in [0.15, 0.2) is 0 Å². The first-order valence-electron chi connectivity index (χ1n) is 9.59. The summed E-state index contributed by atoms with van der Waals surface area (Å²) in [6.45, 7) is 2.08. The first kappa shape index (κ1) is 20.1. The van der Waals surface area contributed by atoms with E-state index in [1.165, 1.54) is 0 Å². The highest BCUT2D eigenvalue weighted by molar-refractivity contribution is 5.92. The molecule has 0 aliphatic rings. The average Bonchev–Trinajstić information content (AvgIpc) is 2.75. The van der Waals surface area contributed by atoms with E-state index in [1.807, 2.05) is 60.7 Å². The number of hydrogen-bond donors (Lipinski definition) is 2. The molecule has 148 valence electrons. The van der Waals surface area contributed by atoms with Gasteiger partial charge < -0.3 is 15.4 Å². The van der Waals surface area contributed by atoms with Crippen molar-refractivity contribution in [1.82, 2.24) is 5.32 Å². The van der Waals surface area contributed by atoms with Gasteiger partial charge in [0.2, 0.25) is 0 Å². The molecule has 0 bridgehead atoms. The van der Waals surface area contributed by atoms with E-state index < -0.39 is 0 Å². The third kappa shape index (κ3) is 5.94. The Hall–Kier alpha value is -3.60. The lowest BCUT2D eigenvalue weighted by Gasteiger charge is -2.20. The monoisotopic (exact) mass is 388 g/mol. The largest absolute Gasteiger partial charge is 0.462 e. The van der Waals surface area contributed by atoms with Gasteiger partial charge in [0.05, 0.1) is 18.2 Å². The minimum absolute atomic E-state index is 0.169. The molecule has 29 heavy (non-hydrogen) atoms. The van der Waals surface area contributed by atoms with E-state index >= 15 is 0 Å². The van der Waals surface area contributed by atoms with Crippen LogP contribution in [0, 0.1) is 0 Å². The Morgan fingerprint density at radius 3 is 2.10 bits per heavy atom. The summed E-state index contributed by atoms with van der Waals surface area (Å²) in [6.07, 6.45) is 0.681. The molecule has 0 aromatic heterocycles. The highest BCUT2D eigenvalue weighted by Crippen LogP contribution is 2.19. The van der Waals surface area contributed by atoms with Crippen molar-refractivity contribution < 1.29 is 14.3 Å². The molecule has 2 N–H and O–H groups in total. The lowest BCUT2D eigenvalue weighted by molar-refractivity contribution is 0.0526. The first-order chi connectivity index (χ1) is 14.2. The maximum atomic E-state index is 12.6. The second kappa shape index (κ2) is 10.1. The van der Waals surface area contributed by atoms with Crippen LogP contribution in [-0.4, -0.2) is 18.6 Å². The normalized spacial score (nSPS) is 11.3. The number of rotatable bonds is 7. The van der Waals surface area contributed by atoms with Crippen LogP contribution in [0.5, 0.6) is 0 Å². The van der Waals surface area contributed by atoms with E-state index in [2.05, 4.69) is 10.6 Å². The molecule has 0 spiro atoms. The van der Waals surface area contributed by atoms with E-state index in [9.17, 15) is 9.59 Å². The Kier molecular flexibility index (Phi) is 7.00. The van der Waals surface area contributed by atoms with Crippen LogP contribution in [-0.2, 0) is 11.2 Å². The van der Waals surface area contributed by atoms with Gasteiger partial charge in [-0.3, -0.25) is 0 Å². The number of anilines is 1. The number of benzene rings is 3. The van der Waals surface area contributed by atoms with Gasteiger partial charge in [-0.05, 0) is 48.7 Å². The summed E-state index contributed by atoms with van der Waals surface area (Å²) in [5.74, 6) is -0.379. The van der Waals surface area contributed by atoms with Crippen molar-refractivity contribution in [2.45, 2.75) is 19.4 Å². The Bertz CT molecular complexity index is 925. The maximum absolute atomic E-state index is 12.6. The van der Waals surface area contributed by atoms with Crippen molar-refractivity contribution >= 4 is 17.7 Å². The van der Waals surface area contributed by atoms with E-state index in [4.69, 9.17) is 4.74 Å². The Labute approximate surface area is 170 Å². The fourth-order valence-corrected chi connectivity index (χ4v) is 3.02. The summed E-state index contributed by atoms with van der Waals surface area (Å²) in [5, 5.41) is 5.87. The first-order valence-corrected chi connectivity index (χ1v) is 9.59. The molecular weight excluding hydrogens is 364 g/mol. The van der Waals surface area contributed by atoms with Gasteiger partial charge in [-0.25, -0.2) is 9.59 Å². The van der Waals surface area contributed by atoms with E-state index in [0.29, 0.717) is 24.3 Å². The number of urea groups is 1. The Morgan fingerprint density at radius 2 is 1.48 bits per heavy atom. The molecule has 0 unspecified atom stereocenters. The van der Waals surface area contributed by atoms with Crippen molar-refractivity contribution in [3.05, 3.63) is 102 Å². The molecule has 0 saturated carbocycles. The zero-order valence-electron chi connectivity index (χ0n) is 16.3. The molecule has 0 heterocycles. The van der Waals surface area contributed by atoms with Crippen LogP contribution in [0.1, 0.15) is 34.5 Å². The molecule has 0 aliphatic carbocycles. The van der Waals surface area contributed by atoms with Crippen molar-refractivity contribution in [3.63, 3.8) is 0 Å². The van der Waals surface area contributed by atoms with Gasteiger partial charge in [0.25, 0.3) is 0 Å². The quantitative estimate of drug-likeness (QED) is 0.562. The summed E-state index contributed by atoms with van der Waals surface area (Å²) in [5.41, 5.74) is 3.22. The highest BCUT2D eigenvalue weighted by Gasteiger charge is 2.15. The molecule has 5 nitrogen and oxygen atoms in total. The molecule has 3 aromatic rings. The number of ether oxygens (including phenoxy) is 1. The van der Waals surface area contributed by atoms with Gasteiger partial charge in [-0.1, -0.05) is 60.7 Å². The Morgan fingerprint density at radius 1 is 0.862 bits per heavy atom. The van der Waals surface area contributed by atoms with Gasteiger partial charge in [0, 0.05) is 5.69 Å². The molecule has 0 radical (unpaired) electrons. The highest BCUT2D eigenvalue weighted by atomic mass is 16.5. The molecule has 0 fully saturated rings. The standard InChI is InChI=1S/C24H24N2O3/c1-2-29-23(27)20-13-15-21(16-14-20)25-24(28)26-22(19-11-7-4-8-12-19)17-18-9-5-3-6-10-18/h3-16,22H,2,17H2,1H3,(H2,25,26,28)/t22-/m0/s1. The van der Waals surface area contributed by atoms with Crippen LogP contribution in [0.2, 0.25) is 0 Å². The van der Waals surface area contributed by atoms with Crippen LogP contribution >= 0.6 is 0 Å². The lowest BCUT2D eigenvalue weighted by atomic mass is 9.99.